The third kappa shape index (κ3) is 2.35. The highest BCUT2D eigenvalue weighted by Crippen LogP contribution is 2.21. The lowest BCUT2D eigenvalue weighted by Crippen LogP contribution is -2.38. The Balaban J connectivity index is 2.13. The number of fused-ring (bicyclic) bond motifs is 2. The molecule has 0 saturated heterocycles. The molecule has 0 aliphatic heterocycles. The molecule has 0 radical (unpaired) electrons. The van der Waals surface area contributed by atoms with E-state index in [9.17, 15) is 9.59 Å². The van der Waals surface area contributed by atoms with E-state index in [-0.39, 0.29) is 18.5 Å². The van der Waals surface area contributed by atoms with Gasteiger partial charge in [-0.25, -0.2) is 9.36 Å². The van der Waals surface area contributed by atoms with Crippen LogP contribution in [0.5, 0.6) is 0 Å². The molecule has 0 unspecified atom stereocenters. The van der Waals surface area contributed by atoms with Crippen molar-refractivity contribution >= 4 is 32.3 Å². The van der Waals surface area contributed by atoms with Crippen molar-refractivity contribution < 1.29 is 0 Å². The second-order valence-electron chi connectivity index (χ2n) is 5.50. The first-order valence-electron chi connectivity index (χ1n) is 7.65. The van der Waals surface area contributed by atoms with Crippen molar-refractivity contribution in [2.75, 3.05) is 0 Å². The van der Waals surface area contributed by atoms with Crippen LogP contribution >= 0.6 is 11.3 Å². The fourth-order valence-electron chi connectivity index (χ4n) is 2.94. The summed E-state index contributed by atoms with van der Waals surface area (Å²) in [6.07, 6.45) is 3.41. The molecule has 3 aromatic heterocycles. The van der Waals surface area contributed by atoms with Gasteiger partial charge < -0.3 is 0 Å². The van der Waals surface area contributed by atoms with Crippen molar-refractivity contribution in [3.63, 3.8) is 0 Å². The maximum atomic E-state index is 13.0. The minimum atomic E-state index is -0.451. The Bertz CT molecular complexity index is 1250. The van der Waals surface area contributed by atoms with Crippen LogP contribution in [0.2, 0.25) is 0 Å². The lowest BCUT2D eigenvalue weighted by atomic mass is 10.1. The maximum Gasteiger partial charge on any atom is 0.336 e. The fraction of sp³-hybridized carbons (Fsp3) is 0.111. The lowest BCUT2D eigenvalue weighted by molar-refractivity contribution is 0.666. The maximum absolute atomic E-state index is 13.0. The van der Waals surface area contributed by atoms with E-state index in [4.69, 9.17) is 5.26 Å². The van der Waals surface area contributed by atoms with E-state index in [1.807, 2.05) is 30.3 Å². The van der Waals surface area contributed by atoms with Crippen molar-refractivity contribution in [1.82, 2.24) is 14.1 Å². The zero-order chi connectivity index (χ0) is 17.4. The van der Waals surface area contributed by atoms with Gasteiger partial charge in [0.2, 0.25) is 0 Å². The van der Waals surface area contributed by atoms with Crippen molar-refractivity contribution in [3.8, 4) is 11.8 Å². The fourth-order valence-corrected chi connectivity index (χ4v) is 3.85. The van der Waals surface area contributed by atoms with Gasteiger partial charge in [-0.2, -0.15) is 5.26 Å². The second kappa shape index (κ2) is 6.00. The minimum absolute atomic E-state index is 0.193. The SMILES string of the molecule is N#CCCn1c(=O)n(-c2cncc3ccccc23)c(=O)c2ccsc21. The summed E-state index contributed by atoms with van der Waals surface area (Å²) in [5.41, 5.74) is -0.368. The van der Waals surface area contributed by atoms with E-state index in [0.29, 0.717) is 15.9 Å². The van der Waals surface area contributed by atoms with Gasteiger partial charge in [0.1, 0.15) is 4.83 Å². The predicted molar refractivity (Wildman–Crippen MR) is 97.2 cm³/mol. The molecule has 4 rings (SSSR count). The molecule has 0 fully saturated rings. The highest BCUT2D eigenvalue weighted by molar-refractivity contribution is 7.16. The summed E-state index contributed by atoms with van der Waals surface area (Å²) in [5, 5.41) is 12.8. The summed E-state index contributed by atoms with van der Waals surface area (Å²) in [4.78, 5) is 30.8. The number of nitrogens with zero attached hydrogens (tertiary/aromatic N) is 4. The van der Waals surface area contributed by atoms with Crippen LogP contribution in [0.4, 0.5) is 0 Å². The Kier molecular flexibility index (Phi) is 3.67. The van der Waals surface area contributed by atoms with Gasteiger partial charge in [0.05, 0.1) is 29.8 Å². The van der Waals surface area contributed by atoms with Crippen molar-refractivity contribution in [2.24, 2.45) is 0 Å². The average Bonchev–Trinajstić information content (AvgIpc) is 3.12. The Labute approximate surface area is 145 Å². The van der Waals surface area contributed by atoms with Gasteiger partial charge in [0.15, 0.2) is 0 Å². The van der Waals surface area contributed by atoms with Crippen LogP contribution < -0.4 is 11.2 Å². The first kappa shape index (κ1) is 15.3. The Morgan fingerprint density at radius 3 is 2.80 bits per heavy atom. The third-order valence-corrected chi connectivity index (χ3v) is 5.02. The molecule has 4 aromatic rings. The minimum Gasteiger partial charge on any atom is -0.283 e. The summed E-state index contributed by atoms with van der Waals surface area (Å²) in [6.45, 7) is 0.241. The van der Waals surface area contributed by atoms with Crippen molar-refractivity contribution in [1.29, 1.82) is 5.26 Å². The summed E-state index contributed by atoms with van der Waals surface area (Å²) >= 11 is 1.32. The number of rotatable bonds is 3. The third-order valence-electron chi connectivity index (χ3n) is 4.08. The molecule has 7 heteroatoms. The zero-order valence-electron chi connectivity index (χ0n) is 13.0. The van der Waals surface area contributed by atoms with Crippen LogP contribution in [-0.2, 0) is 6.54 Å². The van der Waals surface area contributed by atoms with E-state index in [1.165, 1.54) is 22.1 Å². The van der Waals surface area contributed by atoms with Crippen molar-refractivity contribution in [2.45, 2.75) is 13.0 Å². The molecular formula is C18H12N4O2S. The number of aromatic nitrogens is 3. The van der Waals surface area contributed by atoms with Gasteiger partial charge in [-0.15, -0.1) is 11.3 Å². The monoisotopic (exact) mass is 348 g/mol. The van der Waals surface area contributed by atoms with Crippen LogP contribution in [0.25, 0.3) is 26.7 Å². The number of thiophene rings is 1. The molecule has 25 heavy (non-hydrogen) atoms. The first-order chi connectivity index (χ1) is 12.2. The normalized spacial score (nSPS) is 11.0. The molecule has 0 aliphatic carbocycles. The quantitative estimate of drug-likeness (QED) is 0.570. The molecule has 0 saturated carbocycles. The summed E-state index contributed by atoms with van der Waals surface area (Å²) < 4.78 is 2.65. The van der Waals surface area contributed by atoms with Gasteiger partial charge in [0.25, 0.3) is 5.56 Å². The Morgan fingerprint density at radius 1 is 1.12 bits per heavy atom. The number of hydrogen-bond acceptors (Lipinski definition) is 5. The molecule has 0 amide bonds. The number of benzene rings is 1. The summed E-state index contributed by atoms with van der Waals surface area (Å²) in [7, 11) is 0. The van der Waals surface area contributed by atoms with E-state index < -0.39 is 5.69 Å². The molecule has 0 atom stereocenters. The molecule has 0 N–H and O–H groups in total. The molecule has 3 heterocycles. The highest BCUT2D eigenvalue weighted by atomic mass is 32.1. The number of aryl methyl sites for hydroxylation is 1. The lowest BCUT2D eigenvalue weighted by Gasteiger charge is -2.12. The number of pyridine rings is 1. The highest BCUT2D eigenvalue weighted by Gasteiger charge is 2.17. The van der Waals surface area contributed by atoms with Crippen LogP contribution in [0.1, 0.15) is 6.42 Å². The molecule has 1 aromatic carbocycles. The van der Waals surface area contributed by atoms with Gasteiger partial charge >= 0.3 is 5.69 Å². The first-order valence-corrected chi connectivity index (χ1v) is 8.53. The van der Waals surface area contributed by atoms with Crippen LogP contribution in [0.3, 0.4) is 0 Å². The van der Waals surface area contributed by atoms with Gasteiger partial charge in [-0.1, -0.05) is 24.3 Å². The molecule has 0 spiro atoms. The zero-order valence-corrected chi connectivity index (χ0v) is 13.9. The summed E-state index contributed by atoms with van der Waals surface area (Å²) in [6, 6.07) is 11.2. The van der Waals surface area contributed by atoms with E-state index in [2.05, 4.69) is 4.98 Å². The van der Waals surface area contributed by atoms with Gasteiger partial charge in [0, 0.05) is 23.5 Å². The van der Waals surface area contributed by atoms with Gasteiger partial charge in [-0.3, -0.25) is 14.3 Å². The number of nitriles is 1. The molecule has 0 bridgehead atoms. The largest absolute Gasteiger partial charge is 0.336 e. The predicted octanol–water partition coefficient (Wildman–Crippen LogP) is 2.68. The molecular weight excluding hydrogens is 336 g/mol. The second-order valence-corrected chi connectivity index (χ2v) is 6.40. The topological polar surface area (TPSA) is 80.7 Å². The van der Waals surface area contributed by atoms with E-state index >= 15 is 0 Å². The van der Waals surface area contributed by atoms with Gasteiger partial charge in [-0.05, 0) is 11.4 Å². The van der Waals surface area contributed by atoms with E-state index in [0.717, 1.165) is 15.3 Å². The van der Waals surface area contributed by atoms with Crippen LogP contribution in [0, 0.1) is 11.3 Å². The smallest absolute Gasteiger partial charge is 0.283 e. The molecule has 122 valence electrons. The standard InChI is InChI=1S/C18H12N4O2S/c19-7-3-8-21-17-14(6-9-25-17)16(23)22(18(21)24)15-11-20-10-12-4-1-2-5-13(12)15/h1-2,4-6,9-11H,3,8H2. The Hall–Kier alpha value is -3.24. The summed E-state index contributed by atoms with van der Waals surface area (Å²) in [5.74, 6) is 0. The molecule has 0 aliphatic rings. The average molecular weight is 348 g/mol. The van der Waals surface area contributed by atoms with E-state index in [1.54, 1.807) is 17.6 Å². The van der Waals surface area contributed by atoms with Crippen LogP contribution in [-0.4, -0.2) is 14.1 Å². The Morgan fingerprint density at radius 2 is 1.96 bits per heavy atom. The van der Waals surface area contributed by atoms with Crippen molar-refractivity contribution in [3.05, 3.63) is 68.9 Å². The van der Waals surface area contributed by atoms with Crippen LogP contribution in [0.15, 0.2) is 57.7 Å². The number of hydrogen-bond donors (Lipinski definition) is 0. The molecule has 6 nitrogen and oxygen atoms in total.